The number of rotatable bonds is 3. The van der Waals surface area contributed by atoms with Gasteiger partial charge < -0.3 is 4.42 Å². The molecule has 8 aromatic rings. The van der Waals surface area contributed by atoms with Crippen LogP contribution in [0.5, 0.6) is 0 Å². The fraction of sp³-hybridized carbons (Fsp3) is 0.0455. The second-order valence-electron chi connectivity index (χ2n) is 12.4. The van der Waals surface area contributed by atoms with E-state index < -0.39 is 0 Å². The molecule has 0 N–H and O–H groups in total. The molecule has 2 heteroatoms. The smallest absolute Gasteiger partial charge is 0.136 e. The lowest BCUT2D eigenvalue weighted by atomic mass is 9.66. The van der Waals surface area contributed by atoms with Crippen LogP contribution in [0, 0.1) is 5.92 Å². The maximum atomic E-state index is 6.70. The molecule has 2 aliphatic carbocycles. The average molecular weight is 605 g/mol. The van der Waals surface area contributed by atoms with E-state index in [1.165, 1.54) is 64.3 Å². The first-order chi connectivity index (χ1) is 22.8. The highest BCUT2D eigenvalue weighted by molar-refractivity contribution is 7.26. The van der Waals surface area contributed by atoms with Crippen LogP contribution < -0.4 is 0 Å². The van der Waals surface area contributed by atoms with Gasteiger partial charge in [0.15, 0.2) is 0 Å². The zero-order valence-corrected chi connectivity index (χ0v) is 25.8. The van der Waals surface area contributed by atoms with E-state index in [2.05, 4.69) is 158 Å². The Hall–Kier alpha value is -5.44. The van der Waals surface area contributed by atoms with Crippen molar-refractivity contribution >= 4 is 58.8 Å². The van der Waals surface area contributed by atoms with Gasteiger partial charge in [-0.05, 0) is 56.8 Å². The second-order valence-corrected chi connectivity index (χ2v) is 13.5. The monoisotopic (exact) mass is 604 g/mol. The Morgan fingerprint density at radius 3 is 2.35 bits per heavy atom. The molecule has 2 unspecified atom stereocenters. The molecule has 0 aliphatic heterocycles. The van der Waals surface area contributed by atoms with Crippen LogP contribution in [-0.2, 0) is 0 Å². The molecule has 0 spiro atoms. The molecule has 0 saturated heterocycles. The Balaban J connectivity index is 1.31. The zero-order valence-electron chi connectivity index (χ0n) is 25.0. The number of hydrogen-bond donors (Lipinski definition) is 0. The molecule has 0 amide bonds. The summed E-state index contributed by atoms with van der Waals surface area (Å²) in [5.74, 6) is 1.31. The number of thiophene rings is 1. The molecule has 2 atom stereocenters. The normalized spacial score (nSPS) is 17.3. The predicted molar refractivity (Wildman–Crippen MR) is 195 cm³/mol. The first-order valence-corrected chi connectivity index (χ1v) is 16.7. The van der Waals surface area contributed by atoms with E-state index in [1.54, 1.807) is 0 Å². The summed E-state index contributed by atoms with van der Waals surface area (Å²) in [5, 5.41) is 6.34. The van der Waals surface area contributed by atoms with Crippen molar-refractivity contribution in [2.24, 2.45) is 5.92 Å². The zero-order chi connectivity index (χ0) is 30.2. The lowest BCUT2D eigenvalue weighted by Crippen LogP contribution is -2.23. The molecule has 0 fully saturated rings. The van der Waals surface area contributed by atoms with Crippen LogP contribution >= 0.6 is 11.3 Å². The summed E-state index contributed by atoms with van der Waals surface area (Å²) in [6.45, 7) is 0. The molecule has 2 aromatic heterocycles. The molecule has 46 heavy (non-hydrogen) atoms. The Bertz CT molecular complexity index is 2590. The van der Waals surface area contributed by atoms with Crippen LogP contribution in [0.25, 0.3) is 58.8 Å². The minimum atomic E-state index is 0.201. The third kappa shape index (κ3) is 3.81. The Labute approximate surface area is 271 Å². The number of furan rings is 1. The van der Waals surface area contributed by atoms with Crippen LogP contribution in [0.2, 0.25) is 0 Å². The molecular weight excluding hydrogens is 577 g/mol. The van der Waals surface area contributed by atoms with E-state index in [0.29, 0.717) is 0 Å². The van der Waals surface area contributed by atoms with Gasteiger partial charge in [0.1, 0.15) is 11.3 Å². The first-order valence-electron chi connectivity index (χ1n) is 15.9. The van der Waals surface area contributed by atoms with Crippen molar-refractivity contribution in [1.29, 1.82) is 0 Å². The van der Waals surface area contributed by atoms with Crippen LogP contribution in [0.3, 0.4) is 0 Å². The summed E-state index contributed by atoms with van der Waals surface area (Å²) in [6.07, 6.45) is 9.22. The van der Waals surface area contributed by atoms with E-state index in [4.69, 9.17) is 4.42 Å². The Kier molecular flexibility index (Phi) is 5.64. The molecule has 10 rings (SSSR count). The van der Waals surface area contributed by atoms with Crippen LogP contribution in [-0.4, -0.2) is 0 Å². The highest BCUT2D eigenvalue weighted by Gasteiger charge is 2.37. The molecule has 2 heterocycles. The third-order valence-corrected chi connectivity index (χ3v) is 11.0. The van der Waals surface area contributed by atoms with Crippen LogP contribution in [0.4, 0.5) is 0 Å². The fourth-order valence-corrected chi connectivity index (χ4v) is 9.04. The minimum absolute atomic E-state index is 0.201. The van der Waals surface area contributed by atoms with E-state index >= 15 is 0 Å². The van der Waals surface area contributed by atoms with Gasteiger partial charge in [-0.15, -0.1) is 11.3 Å². The molecule has 216 valence electrons. The van der Waals surface area contributed by atoms with Crippen LogP contribution in [0.1, 0.15) is 28.2 Å². The van der Waals surface area contributed by atoms with Crippen molar-refractivity contribution in [3.8, 4) is 11.3 Å². The van der Waals surface area contributed by atoms with E-state index in [1.807, 2.05) is 11.3 Å². The molecule has 0 saturated carbocycles. The van der Waals surface area contributed by atoms with Gasteiger partial charge in [0.2, 0.25) is 0 Å². The topological polar surface area (TPSA) is 13.1 Å². The average Bonchev–Trinajstić information content (AvgIpc) is 3.71. The number of fused-ring (bicyclic) bond motifs is 7. The largest absolute Gasteiger partial charge is 0.456 e. The Morgan fingerprint density at radius 2 is 1.41 bits per heavy atom. The summed E-state index contributed by atoms with van der Waals surface area (Å²) >= 11 is 1.85. The minimum Gasteiger partial charge on any atom is -0.456 e. The van der Waals surface area contributed by atoms with Crippen molar-refractivity contribution in [3.05, 3.63) is 186 Å². The highest BCUT2D eigenvalue weighted by Crippen LogP contribution is 2.54. The molecule has 6 aromatic carbocycles. The van der Waals surface area contributed by atoms with Gasteiger partial charge in [-0.25, -0.2) is 0 Å². The number of hydrogen-bond acceptors (Lipinski definition) is 2. The van der Waals surface area contributed by atoms with Crippen molar-refractivity contribution < 1.29 is 4.42 Å². The quantitative estimate of drug-likeness (QED) is 0.196. The van der Waals surface area contributed by atoms with Crippen molar-refractivity contribution in [2.45, 2.75) is 5.92 Å². The highest BCUT2D eigenvalue weighted by atomic mass is 32.1. The lowest BCUT2D eigenvalue weighted by Gasteiger charge is -2.37. The number of benzene rings is 6. The predicted octanol–water partition coefficient (Wildman–Crippen LogP) is 12.3. The third-order valence-electron chi connectivity index (χ3n) is 9.88. The molecule has 0 radical (unpaired) electrons. The van der Waals surface area contributed by atoms with Gasteiger partial charge in [-0.2, -0.15) is 0 Å². The summed E-state index contributed by atoms with van der Waals surface area (Å²) in [5.41, 5.74) is 10.0. The first kappa shape index (κ1) is 25.8. The molecule has 1 nitrogen and oxygen atoms in total. The maximum Gasteiger partial charge on any atom is 0.136 e. The summed E-state index contributed by atoms with van der Waals surface area (Å²) in [6, 6.07) is 48.7. The summed E-state index contributed by atoms with van der Waals surface area (Å²) in [4.78, 5) is 0. The van der Waals surface area contributed by atoms with Gasteiger partial charge in [0.25, 0.3) is 0 Å². The van der Waals surface area contributed by atoms with Crippen LogP contribution in [0.15, 0.2) is 168 Å². The van der Waals surface area contributed by atoms with Gasteiger partial charge in [-0.3, -0.25) is 0 Å². The standard InChI is InChI=1S/C44H28OS/c1-2-13-28(14-3-1)37-25-36-38(45-37)26-40-43(35-20-10-11-21-39(35)46-40)44(36)42-33-18-8-6-16-31(33)41(32-17-7-9-19-34(32)42)30-23-22-27-12-4-5-15-29(27)24-30/h1-26,31,41H. The van der Waals surface area contributed by atoms with E-state index in [9.17, 15) is 0 Å². The summed E-state index contributed by atoms with van der Waals surface area (Å²) < 4.78 is 9.25. The molecular formula is C44H28OS. The van der Waals surface area contributed by atoms with Crippen molar-refractivity contribution in [2.75, 3.05) is 0 Å². The number of allylic oxidation sites excluding steroid dienone is 5. The van der Waals surface area contributed by atoms with Crippen molar-refractivity contribution in [1.82, 2.24) is 0 Å². The summed E-state index contributed by atoms with van der Waals surface area (Å²) in [7, 11) is 0. The van der Waals surface area contributed by atoms with Crippen molar-refractivity contribution in [3.63, 3.8) is 0 Å². The van der Waals surface area contributed by atoms with Gasteiger partial charge >= 0.3 is 0 Å². The SMILES string of the molecule is C1=CC2=C(c3c4cc(-c5ccccc5)oc4cc4sc5ccccc5c34)c3ccccc3C(c3ccc4ccccc4c3)C2C=C1. The van der Waals surface area contributed by atoms with Gasteiger partial charge in [-0.1, -0.05) is 140 Å². The molecule has 0 bridgehead atoms. The van der Waals surface area contributed by atoms with E-state index in [-0.39, 0.29) is 11.8 Å². The fourth-order valence-electron chi connectivity index (χ4n) is 7.90. The Morgan fingerprint density at radius 1 is 0.609 bits per heavy atom. The van der Waals surface area contributed by atoms with E-state index in [0.717, 1.165) is 22.3 Å². The van der Waals surface area contributed by atoms with Gasteiger partial charge in [0.05, 0.1) is 0 Å². The second kappa shape index (κ2) is 10.0. The van der Waals surface area contributed by atoms with Gasteiger partial charge in [0, 0.05) is 48.5 Å². The maximum absolute atomic E-state index is 6.70. The molecule has 2 aliphatic rings. The lowest BCUT2D eigenvalue weighted by molar-refractivity contribution is 0.632.